The first-order valence-electron chi connectivity index (χ1n) is 8.98. The number of sulfonamides is 1. The molecule has 152 valence electrons. The van der Waals surface area contributed by atoms with E-state index in [1.54, 1.807) is 17.5 Å². The fourth-order valence-corrected chi connectivity index (χ4v) is 5.64. The normalized spacial score (nSPS) is 17.6. The van der Waals surface area contributed by atoms with Crippen molar-refractivity contribution in [3.05, 3.63) is 17.5 Å². The molecular weight excluding hydrogens is 390 g/mol. The van der Waals surface area contributed by atoms with E-state index in [9.17, 15) is 18.0 Å². The lowest BCUT2D eigenvalue weighted by Crippen LogP contribution is -3.15. The lowest BCUT2D eigenvalue weighted by molar-refractivity contribution is -0.895. The average Bonchev–Trinajstić information content (AvgIpc) is 3.16. The molecule has 1 aromatic rings. The molecule has 10 heteroatoms. The summed E-state index contributed by atoms with van der Waals surface area (Å²) in [5.41, 5.74) is 0. The zero-order valence-corrected chi connectivity index (χ0v) is 17.6. The number of hydrogen-bond acceptors (Lipinski definition) is 6. The number of carbonyl (C=O) groups excluding carboxylic acids is 2. The van der Waals surface area contributed by atoms with Gasteiger partial charge in [-0.1, -0.05) is 19.9 Å². The van der Waals surface area contributed by atoms with Crippen LogP contribution in [0.5, 0.6) is 0 Å². The van der Waals surface area contributed by atoms with Gasteiger partial charge in [-0.2, -0.15) is 4.31 Å². The van der Waals surface area contributed by atoms with Crippen LogP contribution in [-0.2, 0) is 24.3 Å². The Balaban J connectivity index is 1.86. The number of nitrogens with one attached hydrogen (secondary N) is 2. The van der Waals surface area contributed by atoms with Crippen molar-refractivity contribution in [1.29, 1.82) is 0 Å². The molecule has 0 bridgehead atoms. The quantitative estimate of drug-likeness (QED) is 0.547. The molecule has 1 atom stereocenters. The second-order valence-corrected chi connectivity index (χ2v) is 10.1. The van der Waals surface area contributed by atoms with Gasteiger partial charge in [0.2, 0.25) is 0 Å². The Morgan fingerprint density at radius 3 is 2.52 bits per heavy atom. The Bertz CT molecular complexity index is 726. The predicted octanol–water partition coefficient (Wildman–Crippen LogP) is -0.659. The molecule has 0 saturated carbocycles. The largest absolute Gasteiger partial charge is 0.467 e. The van der Waals surface area contributed by atoms with Gasteiger partial charge < -0.3 is 15.0 Å². The van der Waals surface area contributed by atoms with Gasteiger partial charge in [-0.3, -0.25) is 4.79 Å². The molecule has 0 radical (unpaired) electrons. The predicted molar refractivity (Wildman–Crippen MR) is 102 cm³/mol. The highest BCUT2D eigenvalue weighted by molar-refractivity contribution is 7.91. The van der Waals surface area contributed by atoms with Crippen molar-refractivity contribution < 1.29 is 27.6 Å². The molecule has 27 heavy (non-hydrogen) atoms. The van der Waals surface area contributed by atoms with E-state index in [-0.39, 0.29) is 18.4 Å². The third kappa shape index (κ3) is 6.00. The Morgan fingerprint density at radius 2 is 2.00 bits per heavy atom. The molecule has 0 unspecified atom stereocenters. The number of carbonyl (C=O) groups is 2. The number of amides is 1. The SMILES string of the molecule is COC(=O)[C@@H](CC(C)C)NC(=O)C[NH+]1CCN(S(=O)(=O)c2cccs2)CC1. The van der Waals surface area contributed by atoms with Crippen LogP contribution in [-0.4, -0.2) is 70.5 Å². The Labute approximate surface area is 164 Å². The Kier molecular flexibility index (Phi) is 7.78. The van der Waals surface area contributed by atoms with Crippen LogP contribution in [0.3, 0.4) is 0 Å². The molecule has 1 aromatic heterocycles. The Morgan fingerprint density at radius 1 is 1.33 bits per heavy atom. The van der Waals surface area contributed by atoms with Gasteiger partial charge in [-0.25, -0.2) is 13.2 Å². The van der Waals surface area contributed by atoms with Crippen LogP contribution in [0, 0.1) is 5.92 Å². The molecule has 0 aliphatic carbocycles. The molecule has 2 N–H and O–H groups in total. The van der Waals surface area contributed by atoms with E-state index in [0.29, 0.717) is 36.8 Å². The number of ether oxygens (including phenoxy) is 1. The van der Waals surface area contributed by atoms with E-state index in [0.717, 1.165) is 4.90 Å². The summed E-state index contributed by atoms with van der Waals surface area (Å²) in [4.78, 5) is 25.1. The summed E-state index contributed by atoms with van der Waals surface area (Å²) in [6, 6.07) is 2.68. The van der Waals surface area contributed by atoms with Crippen molar-refractivity contribution in [2.24, 2.45) is 5.92 Å². The number of rotatable bonds is 8. The van der Waals surface area contributed by atoms with Gasteiger partial charge in [0.25, 0.3) is 15.9 Å². The molecule has 0 spiro atoms. The number of esters is 1. The van der Waals surface area contributed by atoms with E-state index in [1.807, 2.05) is 13.8 Å². The first kappa shape index (κ1) is 21.8. The molecule has 8 nitrogen and oxygen atoms in total. The molecule has 2 rings (SSSR count). The lowest BCUT2D eigenvalue weighted by atomic mass is 10.0. The highest BCUT2D eigenvalue weighted by Gasteiger charge is 2.32. The zero-order chi connectivity index (χ0) is 20.0. The summed E-state index contributed by atoms with van der Waals surface area (Å²) in [7, 11) is -2.14. The average molecular weight is 419 g/mol. The first-order chi connectivity index (χ1) is 12.7. The van der Waals surface area contributed by atoms with E-state index in [2.05, 4.69) is 5.32 Å². The number of piperazine rings is 1. The van der Waals surface area contributed by atoms with Crippen LogP contribution < -0.4 is 10.2 Å². The van der Waals surface area contributed by atoms with E-state index in [1.165, 1.54) is 22.8 Å². The van der Waals surface area contributed by atoms with Crippen molar-refractivity contribution in [2.75, 3.05) is 39.8 Å². The summed E-state index contributed by atoms with van der Waals surface area (Å²) < 4.78 is 31.6. The van der Waals surface area contributed by atoms with Crippen LogP contribution in [0.4, 0.5) is 0 Å². The number of nitrogens with zero attached hydrogens (tertiary/aromatic N) is 1. The second kappa shape index (κ2) is 9.63. The highest BCUT2D eigenvalue weighted by atomic mass is 32.2. The van der Waals surface area contributed by atoms with Crippen molar-refractivity contribution in [1.82, 2.24) is 9.62 Å². The number of methoxy groups -OCH3 is 1. The summed E-state index contributed by atoms with van der Waals surface area (Å²) in [5, 5.41) is 4.49. The molecule has 1 aliphatic rings. The fraction of sp³-hybridized carbons (Fsp3) is 0.647. The van der Waals surface area contributed by atoms with Crippen LogP contribution in [0.1, 0.15) is 20.3 Å². The fourth-order valence-electron chi connectivity index (χ4n) is 3.06. The van der Waals surface area contributed by atoms with Gasteiger partial charge in [-0.05, 0) is 23.8 Å². The van der Waals surface area contributed by atoms with Crippen molar-refractivity contribution in [3.63, 3.8) is 0 Å². The third-order valence-electron chi connectivity index (χ3n) is 4.46. The maximum atomic E-state index is 12.5. The molecule has 1 amide bonds. The number of quaternary nitrogens is 1. The minimum Gasteiger partial charge on any atom is -0.467 e. The van der Waals surface area contributed by atoms with Gasteiger partial charge in [0.1, 0.15) is 10.3 Å². The summed E-state index contributed by atoms with van der Waals surface area (Å²) in [6.07, 6.45) is 0.514. The van der Waals surface area contributed by atoms with Crippen LogP contribution in [0.2, 0.25) is 0 Å². The minimum atomic E-state index is -3.44. The zero-order valence-electron chi connectivity index (χ0n) is 15.9. The number of hydrogen-bond donors (Lipinski definition) is 2. The van der Waals surface area contributed by atoms with Gasteiger partial charge in [0, 0.05) is 0 Å². The Hall–Kier alpha value is -1.49. The minimum absolute atomic E-state index is 0.207. The van der Waals surface area contributed by atoms with Gasteiger partial charge >= 0.3 is 5.97 Å². The second-order valence-electron chi connectivity index (χ2n) is 7.04. The van der Waals surface area contributed by atoms with Gasteiger partial charge in [0.15, 0.2) is 6.54 Å². The molecule has 0 aromatic carbocycles. The molecule has 1 fully saturated rings. The molecule has 1 aliphatic heterocycles. The lowest BCUT2D eigenvalue weighted by Gasteiger charge is -2.31. The van der Waals surface area contributed by atoms with Crippen LogP contribution in [0.25, 0.3) is 0 Å². The van der Waals surface area contributed by atoms with E-state index < -0.39 is 22.0 Å². The molecule has 1 saturated heterocycles. The van der Waals surface area contributed by atoms with Crippen LogP contribution in [0.15, 0.2) is 21.7 Å². The first-order valence-corrected chi connectivity index (χ1v) is 11.3. The number of thiophene rings is 1. The van der Waals surface area contributed by atoms with Gasteiger partial charge in [-0.15, -0.1) is 11.3 Å². The third-order valence-corrected chi connectivity index (χ3v) is 7.73. The molecular formula is C17H28N3O5S2+. The highest BCUT2D eigenvalue weighted by Crippen LogP contribution is 2.20. The summed E-state index contributed by atoms with van der Waals surface area (Å²) in [5.74, 6) is -0.428. The van der Waals surface area contributed by atoms with Gasteiger partial charge in [0.05, 0.1) is 33.3 Å². The van der Waals surface area contributed by atoms with E-state index >= 15 is 0 Å². The van der Waals surface area contributed by atoms with Crippen molar-refractivity contribution >= 4 is 33.2 Å². The van der Waals surface area contributed by atoms with Crippen LogP contribution >= 0.6 is 11.3 Å². The van der Waals surface area contributed by atoms with Crippen molar-refractivity contribution in [2.45, 2.75) is 30.5 Å². The van der Waals surface area contributed by atoms with Crippen molar-refractivity contribution in [3.8, 4) is 0 Å². The monoisotopic (exact) mass is 418 g/mol. The molecule has 2 heterocycles. The summed E-state index contributed by atoms with van der Waals surface area (Å²) >= 11 is 1.21. The summed E-state index contributed by atoms with van der Waals surface area (Å²) in [6.45, 7) is 5.99. The smallest absolute Gasteiger partial charge is 0.328 e. The standard InChI is InChI=1S/C17H27N3O5S2/c1-13(2)11-14(17(22)25-3)18-15(21)12-19-6-8-20(9-7-19)27(23,24)16-5-4-10-26-16/h4-5,10,13-14H,6-9,11-12H2,1-3H3,(H,18,21)/p+1/t14-/m1/s1. The topological polar surface area (TPSA) is 97.2 Å². The maximum absolute atomic E-state index is 12.5. The van der Waals surface area contributed by atoms with E-state index in [4.69, 9.17) is 4.74 Å². The maximum Gasteiger partial charge on any atom is 0.328 e.